The Hall–Kier alpha value is -3.87. The molecule has 0 spiro atoms. The van der Waals surface area contributed by atoms with Gasteiger partial charge in [0.25, 0.3) is 5.91 Å². The lowest BCUT2D eigenvalue weighted by atomic mass is 10.1. The Balaban J connectivity index is 1.44. The van der Waals surface area contributed by atoms with E-state index in [2.05, 4.69) is 16.0 Å². The molecule has 3 N–H and O–H groups in total. The maximum Gasteiger partial charge on any atom is 0.328 e. The molecule has 29 heavy (non-hydrogen) atoms. The highest BCUT2D eigenvalue weighted by molar-refractivity contribution is 5.96. The number of ether oxygens (including phenoxy) is 1. The first-order chi connectivity index (χ1) is 14.0. The zero-order valence-corrected chi connectivity index (χ0v) is 15.8. The van der Waals surface area contributed by atoms with E-state index in [4.69, 9.17) is 4.74 Å². The molecule has 0 aliphatic carbocycles. The maximum atomic E-state index is 12.1. The van der Waals surface area contributed by atoms with Crippen LogP contribution in [0.25, 0.3) is 10.8 Å². The van der Waals surface area contributed by atoms with Gasteiger partial charge in [-0.05, 0) is 42.0 Å². The monoisotopic (exact) mass is 391 g/mol. The number of hydrogen-bond acceptors (Lipinski definition) is 4. The Morgan fingerprint density at radius 3 is 2.28 bits per heavy atom. The van der Waals surface area contributed by atoms with Crippen LogP contribution in [-0.2, 0) is 14.3 Å². The van der Waals surface area contributed by atoms with Crippen molar-refractivity contribution in [3.05, 3.63) is 72.8 Å². The summed E-state index contributed by atoms with van der Waals surface area (Å²) in [6.45, 7) is 1.03. The Bertz CT molecular complexity index is 1020. The van der Waals surface area contributed by atoms with Crippen molar-refractivity contribution in [1.29, 1.82) is 0 Å². The van der Waals surface area contributed by atoms with Crippen molar-refractivity contribution in [3.63, 3.8) is 0 Å². The largest absolute Gasteiger partial charge is 0.454 e. The van der Waals surface area contributed by atoms with E-state index in [1.165, 1.54) is 6.92 Å². The van der Waals surface area contributed by atoms with Crippen LogP contribution >= 0.6 is 0 Å². The summed E-state index contributed by atoms with van der Waals surface area (Å²) in [7, 11) is 0. The predicted molar refractivity (Wildman–Crippen MR) is 112 cm³/mol. The van der Waals surface area contributed by atoms with Crippen molar-refractivity contribution in [2.45, 2.75) is 13.0 Å². The number of nitrogens with one attached hydrogen (secondary N) is 3. The molecule has 148 valence electrons. The summed E-state index contributed by atoms with van der Waals surface area (Å²) in [5.41, 5.74) is 1.21. The number of carbonyl (C=O) groups is 3. The zero-order valence-electron chi connectivity index (χ0n) is 15.8. The number of fused-ring (bicyclic) bond motifs is 1. The molecule has 3 rings (SSSR count). The fourth-order valence-electron chi connectivity index (χ4n) is 2.67. The van der Waals surface area contributed by atoms with E-state index in [1.807, 2.05) is 42.5 Å². The molecule has 0 aliphatic heterocycles. The summed E-state index contributed by atoms with van der Waals surface area (Å²) < 4.78 is 4.98. The van der Waals surface area contributed by atoms with Crippen LogP contribution in [0.1, 0.15) is 6.92 Å². The predicted octanol–water partition coefficient (Wildman–Crippen LogP) is 3.53. The minimum absolute atomic E-state index is 0.446. The summed E-state index contributed by atoms with van der Waals surface area (Å²) >= 11 is 0. The number of esters is 1. The lowest BCUT2D eigenvalue weighted by Gasteiger charge is -2.14. The third-order valence-corrected chi connectivity index (χ3v) is 4.11. The third kappa shape index (κ3) is 5.80. The molecule has 7 heteroatoms. The van der Waals surface area contributed by atoms with Gasteiger partial charge in [-0.1, -0.05) is 48.5 Å². The van der Waals surface area contributed by atoms with Crippen LogP contribution in [-0.4, -0.2) is 30.6 Å². The zero-order chi connectivity index (χ0) is 20.6. The molecule has 1 atom stereocenters. The minimum atomic E-state index is -0.910. The molecule has 0 aromatic heterocycles. The summed E-state index contributed by atoms with van der Waals surface area (Å²) in [6, 6.07) is 20.7. The third-order valence-electron chi connectivity index (χ3n) is 4.11. The molecule has 3 amide bonds. The molecule has 3 aromatic carbocycles. The first-order valence-electron chi connectivity index (χ1n) is 9.09. The van der Waals surface area contributed by atoms with Crippen LogP contribution < -0.4 is 16.0 Å². The number of hydrogen-bond donors (Lipinski definition) is 3. The van der Waals surface area contributed by atoms with E-state index in [9.17, 15) is 14.4 Å². The van der Waals surface area contributed by atoms with E-state index in [-0.39, 0.29) is 0 Å². The van der Waals surface area contributed by atoms with Gasteiger partial charge in [0, 0.05) is 11.4 Å². The molecule has 0 fully saturated rings. The summed E-state index contributed by atoms with van der Waals surface area (Å²) in [6.07, 6.45) is 0. The maximum absolute atomic E-state index is 12.1. The second kappa shape index (κ2) is 9.36. The Labute approximate surface area is 168 Å². The lowest BCUT2D eigenvalue weighted by molar-refractivity contribution is -0.148. The van der Waals surface area contributed by atoms with E-state index in [0.29, 0.717) is 11.4 Å². The van der Waals surface area contributed by atoms with Gasteiger partial charge in [-0.2, -0.15) is 0 Å². The van der Waals surface area contributed by atoms with Crippen molar-refractivity contribution in [2.75, 3.05) is 17.2 Å². The molecule has 0 saturated carbocycles. The van der Waals surface area contributed by atoms with Gasteiger partial charge in [0.2, 0.25) is 0 Å². The highest BCUT2D eigenvalue weighted by Crippen LogP contribution is 2.18. The van der Waals surface area contributed by atoms with Crippen molar-refractivity contribution >= 4 is 40.1 Å². The van der Waals surface area contributed by atoms with E-state index >= 15 is 0 Å². The molecule has 0 bridgehead atoms. The molecule has 0 aliphatic rings. The van der Waals surface area contributed by atoms with Gasteiger partial charge in [-0.3, -0.25) is 4.79 Å². The quantitative estimate of drug-likeness (QED) is 0.560. The summed E-state index contributed by atoms with van der Waals surface area (Å²) in [5, 5.41) is 9.81. The Kier molecular flexibility index (Phi) is 6.42. The molecule has 0 radical (unpaired) electrons. The van der Waals surface area contributed by atoms with Gasteiger partial charge in [0.05, 0.1) is 0 Å². The highest BCUT2D eigenvalue weighted by Gasteiger charge is 2.18. The van der Waals surface area contributed by atoms with Crippen molar-refractivity contribution in [3.8, 4) is 0 Å². The van der Waals surface area contributed by atoms with E-state index < -0.39 is 30.6 Å². The second-order valence-electron chi connectivity index (χ2n) is 6.40. The van der Waals surface area contributed by atoms with Crippen LogP contribution in [0.5, 0.6) is 0 Å². The molecule has 7 nitrogen and oxygen atoms in total. The Morgan fingerprint density at radius 1 is 0.828 bits per heavy atom. The standard InChI is InChI=1S/C22H21N3O4/c1-15(23-22(28)25-18-9-3-2-4-10-18)21(27)29-14-20(26)24-19-12-11-16-7-5-6-8-17(16)13-19/h2-13,15H,14H2,1H3,(H,24,26)(H2,23,25,28)/t15-/m0/s1. The van der Waals surface area contributed by atoms with Crippen LogP contribution in [0.4, 0.5) is 16.2 Å². The smallest absolute Gasteiger partial charge is 0.328 e. The van der Waals surface area contributed by atoms with Gasteiger partial charge in [-0.25, -0.2) is 9.59 Å². The number of para-hydroxylation sites is 1. The first-order valence-corrected chi connectivity index (χ1v) is 9.09. The van der Waals surface area contributed by atoms with Crippen LogP contribution in [0, 0.1) is 0 Å². The molecule has 0 saturated heterocycles. The SMILES string of the molecule is C[C@H](NC(=O)Nc1ccccc1)C(=O)OCC(=O)Nc1ccc2ccccc2c1. The van der Waals surface area contributed by atoms with Crippen molar-refractivity contribution < 1.29 is 19.1 Å². The fraction of sp³-hybridized carbons (Fsp3) is 0.136. The minimum Gasteiger partial charge on any atom is -0.454 e. The number of amides is 3. The van der Waals surface area contributed by atoms with Gasteiger partial charge >= 0.3 is 12.0 Å². The van der Waals surface area contributed by atoms with E-state index in [0.717, 1.165) is 10.8 Å². The summed E-state index contributed by atoms with van der Waals surface area (Å²) in [4.78, 5) is 36.0. The first kappa shape index (κ1) is 19.9. The van der Waals surface area contributed by atoms with E-state index in [1.54, 1.807) is 30.3 Å². The van der Waals surface area contributed by atoms with Gasteiger partial charge < -0.3 is 20.7 Å². The number of benzene rings is 3. The van der Waals surface area contributed by atoms with Crippen molar-refractivity contribution in [1.82, 2.24) is 5.32 Å². The van der Waals surface area contributed by atoms with Gasteiger partial charge in [0.15, 0.2) is 6.61 Å². The normalized spacial score (nSPS) is 11.3. The molecule has 0 heterocycles. The molecule has 0 unspecified atom stereocenters. The van der Waals surface area contributed by atoms with Gasteiger partial charge in [-0.15, -0.1) is 0 Å². The number of rotatable bonds is 6. The average molecular weight is 391 g/mol. The fourth-order valence-corrected chi connectivity index (χ4v) is 2.67. The second-order valence-corrected chi connectivity index (χ2v) is 6.40. The summed E-state index contributed by atoms with van der Waals surface area (Å²) in [5.74, 6) is -1.17. The average Bonchev–Trinajstić information content (AvgIpc) is 2.72. The van der Waals surface area contributed by atoms with Gasteiger partial charge in [0.1, 0.15) is 6.04 Å². The van der Waals surface area contributed by atoms with Crippen LogP contribution in [0.2, 0.25) is 0 Å². The number of carbonyl (C=O) groups excluding carboxylic acids is 3. The molecular weight excluding hydrogens is 370 g/mol. The lowest BCUT2D eigenvalue weighted by Crippen LogP contribution is -2.42. The molecular formula is C22H21N3O4. The molecule has 3 aromatic rings. The van der Waals surface area contributed by atoms with Crippen LogP contribution in [0.3, 0.4) is 0 Å². The Morgan fingerprint density at radius 2 is 1.52 bits per heavy atom. The van der Waals surface area contributed by atoms with Crippen LogP contribution in [0.15, 0.2) is 72.8 Å². The highest BCUT2D eigenvalue weighted by atomic mass is 16.5. The topological polar surface area (TPSA) is 96.5 Å². The number of urea groups is 1. The number of anilines is 2. The van der Waals surface area contributed by atoms with Crippen molar-refractivity contribution in [2.24, 2.45) is 0 Å².